The molecule has 3 heterocycles. The first kappa shape index (κ1) is 15.6. The molecule has 1 atom stereocenters. The molecule has 3 rings (SSSR count). The minimum atomic E-state index is -0.484. The van der Waals surface area contributed by atoms with E-state index in [0.29, 0.717) is 0 Å². The van der Waals surface area contributed by atoms with Gasteiger partial charge < -0.3 is 19.9 Å². The van der Waals surface area contributed by atoms with Gasteiger partial charge in [0.2, 0.25) is 0 Å². The standard InChI is InChI=1S/C16H23N5O2/c1-16(2,3)23-15(22)20-11-5-4-8-21(9-11)14-12-6-7-17-13(12)18-10-19-14/h6-7,10-11H,4-5,8-9H2,1-3H3,(H,20,22)(H,17,18,19). The molecule has 1 aliphatic rings. The van der Waals surface area contributed by atoms with Crippen LogP contribution in [0.2, 0.25) is 0 Å². The Morgan fingerprint density at radius 1 is 1.43 bits per heavy atom. The van der Waals surface area contributed by atoms with Gasteiger partial charge in [-0.25, -0.2) is 14.8 Å². The van der Waals surface area contributed by atoms with Gasteiger partial charge in [-0.3, -0.25) is 0 Å². The lowest BCUT2D eigenvalue weighted by Crippen LogP contribution is -2.49. The monoisotopic (exact) mass is 317 g/mol. The van der Waals surface area contributed by atoms with E-state index in [1.165, 1.54) is 0 Å². The van der Waals surface area contributed by atoms with Crippen LogP contribution in [0.3, 0.4) is 0 Å². The third-order valence-corrected chi connectivity index (χ3v) is 3.77. The maximum atomic E-state index is 12.0. The SMILES string of the molecule is CC(C)(C)OC(=O)NC1CCCN(c2ncnc3[nH]ccc23)C1. The summed E-state index contributed by atoms with van der Waals surface area (Å²) in [6.45, 7) is 7.23. The topological polar surface area (TPSA) is 83.1 Å². The highest BCUT2D eigenvalue weighted by atomic mass is 16.6. The van der Waals surface area contributed by atoms with E-state index in [4.69, 9.17) is 4.74 Å². The fourth-order valence-electron chi connectivity index (χ4n) is 2.87. The summed E-state index contributed by atoms with van der Waals surface area (Å²) in [6, 6.07) is 2.04. The van der Waals surface area contributed by atoms with Crippen LogP contribution in [0.25, 0.3) is 11.0 Å². The quantitative estimate of drug-likeness (QED) is 0.889. The highest BCUT2D eigenvalue weighted by Gasteiger charge is 2.25. The second-order valence-corrected chi connectivity index (χ2v) is 6.87. The molecule has 7 heteroatoms. The fraction of sp³-hybridized carbons (Fsp3) is 0.562. The third-order valence-electron chi connectivity index (χ3n) is 3.77. The van der Waals surface area contributed by atoms with Crippen molar-refractivity contribution in [2.24, 2.45) is 0 Å². The van der Waals surface area contributed by atoms with Gasteiger partial charge >= 0.3 is 6.09 Å². The molecule has 0 radical (unpaired) electrons. The van der Waals surface area contributed by atoms with Crippen LogP contribution in [0, 0.1) is 0 Å². The number of carbonyl (C=O) groups excluding carboxylic acids is 1. The van der Waals surface area contributed by atoms with Crippen molar-refractivity contribution in [1.29, 1.82) is 0 Å². The second-order valence-electron chi connectivity index (χ2n) is 6.87. The van der Waals surface area contributed by atoms with Crippen molar-refractivity contribution in [2.75, 3.05) is 18.0 Å². The molecule has 1 unspecified atom stereocenters. The van der Waals surface area contributed by atoms with Crippen LogP contribution in [0.15, 0.2) is 18.6 Å². The summed E-state index contributed by atoms with van der Waals surface area (Å²) in [5.74, 6) is 0.909. The number of hydrogen-bond acceptors (Lipinski definition) is 5. The summed E-state index contributed by atoms with van der Waals surface area (Å²) in [5.41, 5.74) is 0.347. The molecule has 1 aliphatic heterocycles. The summed E-state index contributed by atoms with van der Waals surface area (Å²) in [6.07, 6.45) is 5.01. The smallest absolute Gasteiger partial charge is 0.407 e. The van der Waals surface area contributed by atoms with Crippen LogP contribution in [0.4, 0.5) is 10.6 Å². The number of carbonyl (C=O) groups is 1. The van der Waals surface area contributed by atoms with Crippen LogP contribution < -0.4 is 10.2 Å². The van der Waals surface area contributed by atoms with Crippen LogP contribution >= 0.6 is 0 Å². The predicted octanol–water partition coefficient (Wildman–Crippen LogP) is 2.45. The second kappa shape index (κ2) is 6.06. The van der Waals surface area contributed by atoms with E-state index in [0.717, 1.165) is 42.8 Å². The fourth-order valence-corrected chi connectivity index (χ4v) is 2.87. The molecular formula is C16H23N5O2. The molecule has 0 spiro atoms. The van der Waals surface area contributed by atoms with E-state index in [1.807, 2.05) is 33.0 Å². The molecule has 23 heavy (non-hydrogen) atoms. The van der Waals surface area contributed by atoms with E-state index in [-0.39, 0.29) is 12.1 Å². The molecule has 1 fully saturated rings. The van der Waals surface area contributed by atoms with Crippen molar-refractivity contribution in [3.8, 4) is 0 Å². The Morgan fingerprint density at radius 2 is 2.26 bits per heavy atom. The van der Waals surface area contributed by atoms with Crippen LogP contribution in [0.5, 0.6) is 0 Å². The lowest BCUT2D eigenvalue weighted by Gasteiger charge is -2.34. The number of alkyl carbamates (subject to hydrolysis) is 1. The number of nitrogens with one attached hydrogen (secondary N) is 2. The van der Waals surface area contributed by atoms with E-state index in [1.54, 1.807) is 6.33 Å². The normalized spacial score (nSPS) is 18.9. The van der Waals surface area contributed by atoms with Gasteiger partial charge in [-0.15, -0.1) is 0 Å². The minimum Gasteiger partial charge on any atom is -0.444 e. The first-order chi connectivity index (χ1) is 10.9. The van der Waals surface area contributed by atoms with Crippen LogP contribution in [0.1, 0.15) is 33.6 Å². The molecule has 2 N–H and O–H groups in total. The summed E-state index contributed by atoms with van der Waals surface area (Å²) < 4.78 is 5.34. The predicted molar refractivity (Wildman–Crippen MR) is 88.5 cm³/mol. The van der Waals surface area contributed by atoms with E-state index < -0.39 is 5.60 Å². The highest BCUT2D eigenvalue weighted by molar-refractivity contribution is 5.87. The number of aromatic nitrogens is 3. The van der Waals surface area contributed by atoms with Crippen LogP contribution in [-0.2, 0) is 4.74 Å². The van der Waals surface area contributed by atoms with E-state index >= 15 is 0 Å². The molecule has 1 amide bonds. The molecule has 7 nitrogen and oxygen atoms in total. The molecular weight excluding hydrogens is 294 g/mol. The van der Waals surface area contributed by atoms with Crippen molar-refractivity contribution in [1.82, 2.24) is 20.3 Å². The number of rotatable bonds is 2. The summed E-state index contributed by atoms with van der Waals surface area (Å²) in [5, 5.41) is 3.97. The molecule has 2 aromatic rings. The summed E-state index contributed by atoms with van der Waals surface area (Å²) in [7, 11) is 0. The van der Waals surface area contributed by atoms with Gasteiger partial charge in [0.05, 0.1) is 5.39 Å². The van der Waals surface area contributed by atoms with Crippen molar-refractivity contribution >= 4 is 22.9 Å². The van der Waals surface area contributed by atoms with Crippen molar-refractivity contribution in [3.05, 3.63) is 18.6 Å². The van der Waals surface area contributed by atoms with Gasteiger partial charge in [0.1, 0.15) is 23.4 Å². The third kappa shape index (κ3) is 3.72. The molecule has 0 bridgehead atoms. The Morgan fingerprint density at radius 3 is 3.04 bits per heavy atom. The maximum absolute atomic E-state index is 12.0. The van der Waals surface area contributed by atoms with Gasteiger partial charge in [-0.05, 0) is 39.7 Å². The molecule has 2 aromatic heterocycles. The van der Waals surface area contributed by atoms with Crippen molar-refractivity contribution < 1.29 is 9.53 Å². The molecule has 124 valence electrons. The van der Waals surface area contributed by atoms with Gasteiger partial charge in [-0.2, -0.15) is 0 Å². The summed E-state index contributed by atoms with van der Waals surface area (Å²) in [4.78, 5) is 25.9. The Labute approximate surface area is 135 Å². The summed E-state index contributed by atoms with van der Waals surface area (Å²) >= 11 is 0. The van der Waals surface area contributed by atoms with Gasteiger partial charge in [0, 0.05) is 25.3 Å². The number of amides is 1. The minimum absolute atomic E-state index is 0.0579. The molecule has 0 aliphatic carbocycles. The molecule has 0 aromatic carbocycles. The number of piperidine rings is 1. The first-order valence-corrected chi connectivity index (χ1v) is 7.95. The zero-order valence-corrected chi connectivity index (χ0v) is 13.8. The Balaban J connectivity index is 1.69. The zero-order valence-electron chi connectivity index (χ0n) is 13.8. The molecule has 1 saturated heterocycles. The Bertz CT molecular complexity index is 691. The number of nitrogens with zero attached hydrogens (tertiary/aromatic N) is 3. The highest BCUT2D eigenvalue weighted by Crippen LogP contribution is 2.25. The first-order valence-electron chi connectivity index (χ1n) is 7.95. The number of H-pyrrole nitrogens is 1. The number of hydrogen-bond donors (Lipinski definition) is 2. The zero-order chi connectivity index (χ0) is 16.4. The van der Waals surface area contributed by atoms with Gasteiger partial charge in [0.25, 0.3) is 0 Å². The average molecular weight is 317 g/mol. The Hall–Kier alpha value is -2.31. The average Bonchev–Trinajstić information content (AvgIpc) is 2.93. The largest absolute Gasteiger partial charge is 0.444 e. The lowest BCUT2D eigenvalue weighted by atomic mass is 10.1. The number of aromatic amines is 1. The van der Waals surface area contributed by atoms with E-state index in [9.17, 15) is 4.79 Å². The maximum Gasteiger partial charge on any atom is 0.407 e. The number of ether oxygens (including phenoxy) is 1. The number of fused-ring (bicyclic) bond motifs is 1. The van der Waals surface area contributed by atoms with Gasteiger partial charge in [-0.1, -0.05) is 0 Å². The Kier molecular flexibility index (Phi) is 4.11. The van der Waals surface area contributed by atoms with Crippen LogP contribution in [-0.4, -0.2) is 45.8 Å². The van der Waals surface area contributed by atoms with Crippen molar-refractivity contribution in [2.45, 2.75) is 45.3 Å². The van der Waals surface area contributed by atoms with E-state index in [2.05, 4.69) is 25.2 Å². The van der Waals surface area contributed by atoms with Crippen molar-refractivity contribution in [3.63, 3.8) is 0 Å². The molecule has 0 saturated carbocycles. The lowest BCUT2D eigenvalue weighted by molar-refractivity contribution is 0.0500. The number of anilines is 1. The van der Waals surface area contributed by atoms with Gasteiger partial charge in [0.15, 0.2) is 0 Å².